The molecule has 0 bridgehead atoms. The maximum atomic E-state index is 14.1. The van der Waals surface area contributed by atoms with Crippen molar-refractivity contribution >= 4 is 22.9 Å². The molecule has 0 aliphatic carbocycles. The summed E-state index contributed by atoms with van der Waals surface area (Å²) in [6.45, 7) is 8.52. The Morgan fingerprint density at radius 2 is 1.86 bits per heavy atom. The molecule has 1 aromatic heterocycles. The highest BCUT2D eigenvalue weighted by Gasteiger charge is 2.26. The Kier molecular flexibility index (Phi) is 7.87. The van der Waals surface area contributed by atoms with E-state index in [2.05, 4.69) is 28.0 Å². The van der Waals surface area contributed by atoms with E-state index in [9.17, 15) is 9.18 Å². The summed E-state index contributed by atoms with van der Waals surface area (Å²) in [7, 11) is 0. The summed E-state index contributed by atoms with van der Waals surface area (Å²) in [5.74, 6) is 1.23. The van der Waals surface area contributed by atoms with Crippen LogP contribution in [0.1, 0.15) is 33.0 Å². The Balaban J connectivity index is 1.10. The lowest BCUT2D eigenvalue weighted by molar-refractivity contribution is 0.0638. The van der Waals surface area contributed by atoms with Crippen LogP contribution in [0.25, 0.3) is 0 Å². The minimum Gasteiger partial charge on any atom is -0.493 e. The molecule has 7 heteroatoms. The predicted molar refractivity (Wildman–Crippen MR) is 144 cm³/mol. The Hall–Kier alpha value is -2.90. The van der Waals surface area contributed by atoms with Gasteiger partial charge in [0.15, 0.2) is 0 Å². The van der Waals surface area contributed by atoms with Crippen molar-refractivity contribution in [2.24, 2.45) is 5.92 Å². The summed E-state index contributed by atoms with van der Waals surface area (Å²) < 4.78 is 20.3. The summed E-state index contributed by atoms with van der Waals surface area (Å²) in [4.78, 5) is 21.4. The molecule has 190 valence electrons. The van der Waals surface area contributed by atoms with E-state index >= 15 is 0 Å². The average Bonchev–Trinajstić information content (AvgIpc) is 3.34. The number of benzene rings is 2. The number of halogens is 1. The molecule has 0 N–H and O–H groups in total. The van der Waals surface area contributed by atoms with Crippen molar-refractivity contribution in [3.8, 4) is 5.75 Å². The standard InChI is InChI=1S/C29H34FN3O2S/c1-22-11-12-28(36-22)29(34)33-13-5-7-24(20-33)21-35-25-8-4-6-23(18-25)19-31-14-16-32(17-15-31)27-10-3-2-9-26(27)30/h2-4,6,8-12,18,24H,5,7,13-17,19-21H2,1H3/t24-/m0/s1. The molecule has 2 aliphatic heterocycles. The summed E-state index contributed by atoms with van der Waals surface area (Å²) in [5.41, 5.74) is 1.92. The highest BCUT2D eigenvalue weighted by Crippen LogP contribution is 2.25. The maximum absolute atomic E-state index is 14.1. The first-order valence-electron chi connectivity index (χ1n) is 12.8. The summed E-state index contributed by atoms with van der Waals surface area (Å²) in [5, 5.41) is 0. The monoisotopic (exact) mass is 507 g/mol. The summed E-state index contributed by atoms with van der Waals surface area (Å²) in [6.07, 6.45) is 2.10. The van der Waals surface area contributed by atoms with Crippen molar-refractivity contribution in [3.05, 3.63) is 81.8 Å². The van der Waals surface area contributed by atoms with Crippen molar-refractivity contribution in [1.82, 2.24) is 9.80 Å². The first-order chi connectivity index (χ1) is 17.5. The number of carbonyl (C=O) groups excluding carboxylic acids is 1. The second kappa shape index (κ2) is 11.4. The minimum atomic E-state index is -0.150. The minimum absolute atomic E-state index is 0.148. The third kappa shape index (κ3) is 6.08. The number of likely N-dealkylation sites (tertiary alicyclic amines) is 1. The van der Waals surface area contributed by atoms with Crippen LogP contribution in [0, 0.1) is 18.7 Å². The molecule has 36 heavy (non-hydrogen) atoms. The highest BCUT2D eigenvalue weighted by atomic mass is 32.1. The van der Waals surface area contributed by atoms with E-state index in [4.69, 9.17) is 4.74 Å². The molecule has 5 rings (SSSR count). The lowest BCUT2D eigenvalue weighted by atomic mass is 9.99. The molecule has 0 spiro atoms. The first kappa shape index (κ1) is 24.8. The largest absolute Gasteiger partial charge is 0.493 e. The van der Waals surface area contributed by atoms with Gasteiger partial charge in [0, 0.05) is 56.6 Å². The molecule has 5 nitrogen and oxygen atoms in total. The quantitative estimate of drug-likeness (QED) is 0.426. The Morgan fingerprint density at radius 3 is 2.64 bits per heavy atom. The van der Waals surface area contributed by atoms with Gasteiger partial charge in [-0.05, 0) is 61.7 Å². The van der Waals surface area contributed by atoms with Gasteiger partial charge < -0.3 is 14.5 Å². The summed E-state index contributed by atoms with van der Waals surface area (Å²) >= 11 is 1.57. The van der Waals surface area contributed by atoms with Crippen LogP contribution in [0.2, 0.25) is 0 Å². The average molecular weight is 508 g/mol. The number of ether oxygens (including phenoxy) is 1. The van der Waals surface area contributed by atoms with Crippen LogP contribution in [0.5, 0.6) is 5.75 Å². The number of aryl methyl sites for hydroxylation is 1. The van der Waals surface area contributed by atoms with E-state index < -0.39 is 0 Å². The molecule has 2 aromatic carbocycles. The zero-order valence-electron chi connectivity index (χ0n) is 20.9. The van der Waals surface area contributed by atoms with Crippen LogP contribution in [-0.2, 0) is 6.54 Å². The number of carbonyl (C=O) groups is 1. The number of piperazine rings is 1. The van der Waals surface area contributed by atoms with Crippen molar-refractivity contribution in [2.75, 3.05) is 50.8 Å². The SMILES string of the molecule is Cc1ccc(C(=O)N2CCC[C@H](COc3cccc(CN4CCN(c5ccccc5F)CC4)c3)C2)s1. The number of nitrogens with zero attached hydrogens (tertiary/aromatic N) is 3. The van der Waals surface area contributed by atoms with Crippen LogP contribution >= 0.6 is 11.3 Å². The van der Waals surface area contributed by atoms with Crippen LogP contribution in [0.4, 0.5) is 10.1 Å². The lowest BCUT2D eigenvalue weighted by Crippen LogP contribution is -2.46. The molecule has 2 aliphatic rings. The topological polar surface area (TPSA) is 36.0 Å². The predicted octanol–water partition coefficient (Wildman–Crippen LogP) is 5.45. The van der Waals surface area contributed by atoms with E-state index in [0.29, 0.717) is 18.2 Å². The van der Waals surface area contributed by atoms with Gasteiger partial charge in [-0.2, -0.15) is 0 Å². The second-order valence-corrected chi connectivity index (χ2v) is 11.1. The van der Waals surface area contributed by atoms with E-state index in [-0.39, 0.29) is 11.7 Å². The molecular weight excluding hydrogens is 473 g/mol. The number of piperidine rings is 1. The molecule has 1 atom stereocenters. The smallest absolute Gasteiger partial charge is 0.263 e. The molecule has 2 saturated heterocycles. The normalized spacial score (nSPS) is 18.9. The number of amides is 1. The van der Waals surface area contributed by atoms with E-state index in [1.807, 2.05) is 42.2 Å². The van der Waals surface area contributed by atoms with E-state index in [1.54, 1.807) is 17.4 Å². The fraction of sp³-hybridized carbons (Fsp3) is 0.414. The van der Waals surface area contributed by atoms with Gasteiger partial charge in [0.05, 0.1) is 17.2 Å². The van der Waals surface area contributed by atoms with Gasteiger partial charge in [0.1, 0.15) is 11.6 Å². The number of hydrogen-bond acceptors (Lipinski definition) is 5. The Labute approximate surface area is 217 Å². The van der Waals surface area contributed by atoms with Crippen LogP contribution in [0.15, 0.2) is 60.7 Å². The van der Waals surface area contributed by atoms with E-state index in [0.717, 1.165) is 69.3 Å². The third-order valence-corrected chi connectivity index (χ3v) is 8.10. The molecule has 1 amide bonds. The number of hydrogen-bond donors (Lipinski definition) is 0. The Bertz CT molecular complexity index is 1170. The second-order valence-electron chi connectivity index (χ2n) is 9.84. The van der Waals surface area contributed by atoms with Gasteiger partial charge in [-0.1, -0.05) is 24.3 Å². The maximum Gasteiger partial charge on any atom is 0.263 e. The van der Waals surface area contributed by atoms with Gasteiger partial charge >= 0.3 is 0 Å². The fourth-order valence-corrected chi connectivity index (χ4v) is 5.99. The van der Waals surface area contributed by atoms with Crippen molar-refractivity contribution in [3.63, 3.8) is 0 Å². The third-order valence-electron chi connectivity index (χ3n) is 7.11. The van der Waals surface area contributed by atoms with E-state index in [1.165, 1.54) is 16.5 Å². The van der Waals surface area contributed by atoms with Gasteiger partial charge in [-0.15, -0.1) is 11.3 Å². The first-order valence-corrected chi connectivity index (χ1v) is 13.7. The number of thiophene rings is 1. The van der Waals surface area contributed by atoms with Crippen molar-refractivity contribution < 1.29 is 13.9 Å². The molecular formula is C29H34FN3O2S. The van der Waals surface area contributed by atoms with Crippen molar-refractivity contribution in [1.29, 1.82) is 0 Å². The number of anilines is 1. The van der Waals surface area contributed by atoms with Crippen molar-refractivity contribution in [2.45, 2.75) is 26.3 Å². The van der Waals surface area contributed by atoms with Gasteiger partial charge in [0.25, 0.3) is 5.91 Å². The fourth-order valence-electron chi connectivity index (χ4n) is 5.15. The molecule has 0 unspecified atom stereocenters. The molecule has 0 radical (unpaired) electrons. The van der Waals surface area contributed by atoms with Gasteiger partial charge in [-0.25, -0.2) is 4.39 Å². The summed E-state index contributed by atoms with van der Waals surface area (Å²) in [6, 6.07) is 19.3. The van der Waals surface area contributed by atoms with Crippen LogP contribution < -0.4 is 9.64 Å². The highest BCUT2D eigenvalue weighted by molar-refractivity contribution is 7.13. The number of para-hydroxylation sites is 1. The molecule has 3 aromatic rings. The van der Waals surface area contributed by atoms with Gasteiger partial charge in [0.2, 0.25) is 0 Å². The molecule has 0 saturated carbocycles. The van der Waals surface area contributed by atoms with Gasteiger partial charge in [-0.3, -0.25) is 9.69 Å². The molecule has 2 fully saturated rings. The zero-order chi connectivity index (χ0) is 24.9. The lowest BCUT2D eigenvalue weighted by Gasteiger charge is -2.36. The molecule has 3 heterocycles. The number of rotatable bonds is 7. The van der Waals surface area contributed by atoms with Crippen LogP contribution in [-0.4, -0.2) is 61.6 Å². The zero-order valence-corrected chi connectivity index (χ0v) is 21.7. The Morgan fingerprint density at radius 1 is 1.03 bits per heavy atom. The van der Waals surface area contributed by atoms with Crippen LogP contribution in [0.3, 0.4) is 0 Å².